The maximum atomic E-state index is 11.9. The summed E-state index contributed by atoms with van der Waals surface area (Å²) in [4.78, 5) is 25.5. The highest BCUT2D eigenvalue weighted by Crippen LogP contribution is 2.22. The zero-order valence-corrected chi connectivity index (χ0v) is 12.5. The van der Waals surface area contributed by atoms with Crippen molar-refractivity contribution in [3.8, 4) is 0 Å². The Morgan fingerprint density at radius 3 is 2.74 bits per heavy atom. The lowest BCUT2D eigenvalue weighted by molar-refractivity contribution is -0.141. The smallest absolute Gasteiger partial charge is 0.307 e. The summed E-state index contributed by atoms with van der Waals surface area (Å²) < 4.78 is 5.23. The largest absolute Gasteiger partial charge is 0.469 e. The van der Waals surface area contributed by atoms with Gasteiger partial charge < -0.3 is 9.64 Å². The van der Waals surface area contributed by atoms with Crippen molar-refractivity contribution in [1.82, 2.24) is 4.90 Å². The summed E-state index contributed by atoms with van der Waals surface area (Å²) >= 11 is 7.21. The summed E-state index contributed by atoms with van der Waals surface area (Å²) in [6, 6.07) is 3.63. The molecule has 1 rings (SSSR count). The number of thiophene rings is 1. The van der Waals surface area contributed by atoms with Crippen LogP contribution in [0.2, 0.25) is 4.34 Å². The van der Waals surface area contributed by atoms with Gasteiger partial charge in [-0.2, -0.15) is 0 Å². The number of halogens is 1. The summed E-state index contributed by atoms with van der Waals surface area (Å²) in [6.45, 7) is 2.77. The lowest BCUT2D eigenvalue weighted by Gasteiger charge is -2.18. The SMILES string of the molecule is CCN(CCC(=O)OC)C(=O)/C=C/c1ccc(Cl)s1. The summed E-state index contributed by atoms with van der Waals surface area (Å²) in [6.07, 6.45) is 3.41. The monoisotopic (exact) mass is 301 g/mol. The van der Waals surface area contributed by atoms with Gasteiger partial charge in [0.25, 0.3) is 0 Å². The Morgan fingerprint density at radius 2 is 2.21 bits per heavy atom. The van der Waals surface area contributed by atoms with Gasteiger partial charge in [-0.25, -0.2) is 0 Å². The fraction of sp³-hybridized carbons (Fsp3) is 0.385. The molecular weight excluding hydrogens is 286 g/mol. The van der Waals surface area contributed by atoms with Crippen LogP contribution in [-0.4, -0.2) is 37.0 Å². The third kappa shape index (κ3) is 5.44. The van der Waals surface area contributed by atoms with Gasteiger partial charge in [-0.05, 0) is 25.1 Å². The molecule has 104 valence electrons. The average Bonchev–Trinajstić information content (AvgIpc) is 2.82. The lowest BCUT2D eigenvalue weighted by Crippen LogP contribution is -2.31. The molecule has 0 saturated carbocycles. The summed E-state index contributed by atoms with van der Waals surface area (Å²) in [5.74, 6) is -0.448. The molecule has 0 aromatic carbocycles. The molecule has 1 heterocycles. The summed E-state index contributed by atoms with van der Waals surface area (Å²) in [5.41, 5.74) is 0. The van der Waals surface area contributed by atoms with Crippen molar-refractivity contribution < 1.29 is 14.3 Å². The Hall–Kier alpha value is -1.33. The van der Waals surface area contributed by atoms with Gasteiger partial charge in [-0.3, -0.25) is 9.59 Å². The molecule has 0 spiro atoms. The van der Waals surface area contributed by atoms with Crippen molar-refractivity contribution in [2.24, 2.45) is 0 Å². The molecule has 0 saturated heterocycles. The molecule has 19 heavy (non-hydrogen) atoms. The molecule has 0 aliphatic carbocycles. The van der Waals surface area contributed by atoms with E-state index in [0.717, 1.165) is 4.88 Å². The van der Waals surface area contributed by atoms with Crippen molar-refractivity contribution in [3.05, 3.63) is 27.4 Å². The predicted octanol–water partition coefficient (Wildman–Crippen LogP) is 2.83. The van der Waals surface area contributed by atoms with E-state index in [1.54, 1.807) is 17.0 Å². The van der Waals surface area contributed by atoms with Crippen LogP contribution in [0.25, 0.3) is 6.08 Å². The first kappa shape index (κ1) is 15.7. The molecule has 1 aromatic rings. The van der Waals surface area contributed by atoms with Crippen LogP contribution in [0.1, 0.15) is 18.2 Å². The molecule has 0 N–H and O–H groups in total. The van der Waals surface area contributed by atoms with Crippen LogP contribution >= 0.6 is 22.9 Å². The van der Waals surface area contributed by atoms with Crippen LogP contribution < -0.4 is 0 Å². The van der Waals surface area contributed by atoms with Crippen LogP contribution in [-0.2, 0) is 14.3 Å². The molecule has 0 atom stereocenters. The molecule has 4 nitrogen and oxygen atoms in total. The standard InChI is InChI=1S/C13H16ClNO3S/c1-3-15(9-8-13(17)18-2)12(16)7-5-10-4-6-11(14)19-10/h4-7H,3,8-9H2,1-2H3/b7-5+. The topological polar surface area (TPSA) is 46.6 Å². The van der Waals surface area contributed by atoms with Crippen molar-refractivity contribution in [1.29, 1.82) is 0 Å². The molecule has 0 fully saturated rings. The minimum atomic E-state index is -0.319. The van der Waals surface area contributed by atoms with Crippen LogP contribution in [0.4, 0.5) is 0 Å². The van der Waals surface area contributed by atoms with Gasteiger partial charge in [0.15, 0.2) is 0 Å². The van der Waals surface area contributed by atoms with Gasteiger partial charge in [-0.1, -0.05) is 11.6 Å². The zero-order chi connectivity index (χ0) is 14.3. The first-order valence-electron chi connectivity index (χ1n) is 5.86. The van der Waals surface area contributed by atoms with Crippen molar-refractivity contribution in [2.75, 3.05) is 20.2 Å². The number of carbonyl (C=O) groups excluding carboxylic acids is 2. The highest BCUT2D eigenvalue weighted by molar-refractivity contribution is 7.17. The third-order valence-electron chi connectivity index (χ3n) is 2.49. The van der Waals surface area contributed by atoms with E-state index in [4.69, 9.17) is 11.6 Å². The molecule has 0 bridgehead atoms. The fourth-order valence-corrected chi connectivity index (χ4v) is 2.39. The second-order valence-electron chi connectivity index (χ2n) is 3.72. The number of rotatable bonds is 6. The average molecular weight is 302 g/mol. The number of ether oxygens (including phenoxy) is 1. The maximum Gasteiger partial charge on any atom is 0.307 e. The molecule has 0 unspecified atom stereocenters. The molecule has 0 radical (unpaired) electrons. The van der Waals surface area contributed by atoms with E-state index in [1.165, 1.54) is 24.5 Å². The minimum Gasteiger partial charge on any atom is -0.469 e. The van der Waals surface area contributed by atoms with Crippen molar-refractivity contribution >= 4 is 40.9 Å². The number of esters is 1. The molecule has 0 aliphatic rings. The fourth-order valence-electron chi connectivity index (χ4n) is 1.43. The molecule has 6 heteroatoms. The number of carbonyl (C=O) groups is 2. The Bertz CT molecular complexity index is 470. The number of hydrogen-bond donors (Lipinski definition) is 0. The Kier molecular flexibility index (Phi) is 6.59. The normalized spacial score (nSPS) is 10.7. The Balaban J connectivity index is 2.53. The van der Waals surface area contributed by atoms with E-state index in [-0.39, 0.29) is 18.3 Å². The predicted molar refractivity (Wildman–Crippen MR) is 77.3 cm³/mol. The highest BCUT2D eigenvalue weighted by atomic mass is 35.5. The van der Waals surface area contributed by atoms with Crippen LogP contribution in [0.5, 0.6) is 0 Å². The van der Waals surface area contributed by atoms with Gasteiger partial charge in [-0.15, -0.1) is 11.3 Å². The Labute approximate surface area is 121 Å². The van der Waals surface area contributed by atoms with Gasteiger partial charge in [0.2, 0.25) is 5.91 Å². The van der Waals surface area contributed by atoms with Crippen LogP contribution in [0.3, 0.4) is 0 Å². The van der Waals surface area contributed by atoms with Gasteiger partial charge >= 0.3 is 5.97 Å². The zero-order valence-electron chi connectivity index (χ0n) is 10.9. The van der Waals surface area contributed by atoms with Crippen LogP contribution in [0, 0.1) is 0 Å². The van der Waals surface area contributed by atoms with Crippen LogP contribution in [0.15, 0.2) is 18.2 Å². The Morgan fingerprint density at radius 1 is 1.47 bits per heavy atom. The van der Waals surface area contributed by atoms with E-state index >= 15 is 0 Å². The first-order chi connectivity index (χ1) is 9.06. The van der Waals surface area contributed by atoms with E-state index < -0.39 is 0 Å². The highest BCUT2D eigenvalue weighted by Gasteiger charge is 2.10. The number of likely N-dealkylation sites (N-methyl/N-ethyl adjacent to an activating group) is 1. The number of amides is 1. The summed E-state index contributed by atoms with van der Waals surface area (Å²) in [5, 5.41) is 0. The van der Waals surface area contributed by atoms with E-state index in [1.807, 2.05) is 13.0 Å². The van der Waals surface area contributed by atoms with Gasteiger partial charge in [0, 0.05) is 24.0 Å². The molecule has 0 aliphatic heterocycles. The number of nitrogens with zero attached hydrogens (tertiary/aromatic N) is 1. The second kappa shape index (κ2) is 7.96. The van der Waals surface area contributed by atoms with E-state index in [0.29, 0.717) is 17.4 Å². The minimum absolute atomic E-state index is 0.129. The molecule has 1 amide bonds. The molecule has 1 aromatic heterocycles. The number of hydrogen-bond acceptors (Lipinski definition) is 4. The van der Waals surface area contributed by atoms with E-state index in [9.17, 15) is 9.59 Å². The first-order valence-corrected chi connectivity index (χ1v) is 7.05. The maximum absolute atomic E-state index is 11.9. The summed E-state index contributed by atoms with van der Waals surface area (Å²) in [7, 11) is 1.33. The quantitative estimate of drug-likeness (QED) is 0.599. The van der Waals surface area contributed by atoms with Gasteiger partial charge in [0.05, 0.1) is 17.9 Å². The second-order valence-corrected chi connectivity index (χ2v) is 5.47. The number of methoxy groups -OCH3 is 1. The van der Waals surface area contributed by atoms with E-state index in [2.05, 4.69) is 4.74 Å². The van der Waals surface area contributed by atoms with Gasteiger partial charge in [0.1, 0.15) is 0 Å². The third-order valence-corrected chi connectivity index (χ3v) is 3.69. The molecular formula is C13H16ClNO3S. The van der Waals surface area contributed by atoms with Crippen molar-refractivity contribution in [2.45, 2.75) is 13.3 Å². The van der Waals surface area contributed by atoms with Crippen molar-refractivity contribution in [3.63, 3.8) is 0 Å². The lowest BCUT2D eigenvalue weighted by atomic mass is 10.3.